The summed E-state index contributed by atoms with van der Waals surface area (Å²) in [6, 6.07) is 26.2. The number of rotatable bonds is 9. The predicted molar refractivity (Wildman–Crippen MR) is 159 cm³/mol. The molecule has 0 bridgehead atoms. The summed E-state index contributed by atoms with van der Waals surface area (Å²) in [7, 11) is 1.70. The molecule has 0 radical (unpaired) electrons. The smallest absolute Gasteiger partial charge is 0.253 e. The van der Waals surface area contributed by atoms with Gasteiger partial charge in [-0.05, 0) is 69.3 Å². The minimum Gasteiger partial charge on any atom is -0.497 e. The van der Waals surface area contributed by atoms with E-state index in [9.17, 15) is 4.79 Å². The predicted octanol–water partition coefficient (Wildman–Crippen LogP) is 4.04. The topological polar surface area (TPSA) is 92.2 Å². The normalized spacial score (nSPS) is 15.3. The van der Waals surface area contributed by atoms with Gasteiger partial charge in [-0.25, -0.2) is 4.68 Å². The third-order valence-electron chi connectivity index (χ3n) is 7.93. The number of fused-ring (bicyclic) bond motifs is 1. The summed E-state index contributed by atoms with van der Waals surface area (Å²) < 4.78 is 7.24. The van der Waals surface area contributed by atoms with E-state index in [1.54, 1.807) is 7.11 Å². The molecule has 1 aliphatic heterocycles. The molecule has 1 aliphatic rings. The van der Waals surface area contributed by atoms with Gasteiger partial charge in [0.15, 0.2) is 5.82 Å². The Hall–Kier alpha value is -4.34. The summed E-state index contributed by atoms with van der Waals surface area (Å²) in [4.78, 5) is 21.5. The van der Waals surface area contributed by atoms with Crippen LogP contribution >= 0.6 is 0 Å². The first-order valence-corrected chi connectivity index (χ1v) is 14.2. The number of hydrogen-bond acceptors (Lipinski definition) is 7. The first kappa shape index (κ1) is 26.9. The molecule has 1 atom stereocenters. The van der Waals surface area contributed by atoms with Crippen LogP contribution in [0.25, 0.3) is 10.9 Å². The molecule has 9 heteroatoms. The van der Waals surface area contributed by atoms with Gasteiger partial charge >= 0.3 is 0 Å². The van der Waals surface area contributed by atoms with Crippen molar-refractivity contribution < 1.29 is 4.74 Å². The summed E-state index contributed by atoms with van der Waals surface area (Å²) >= 11 is 0. The van der Waals surface area contributed by atoms with Crippen LogP contribution < -0.4 is 10.3 Å². The van der Waals surface area contributed by atoms with Crippen molar-refractivity contribution in [2.24, 2.45) is 0 Å². The van der Waals surface area contributed by atoms with Gasteiger partial charge in [0.1, 0.15) is 11.8 Å². The molecule has 3 heterocycles. The van der Waals surface area contributed by atoms with Crippen LogP contribution in [0.5, 0.6) is 5.75 Å². The van der Waals surface area contributed by atoms with Gasteiger partial charge in [0.25, 0.3) is 5.56 Å². The highest BCUT2D eigenvalue weighted by molar-refractivity contribution is 5.80. The first-order valence-electron chi connectivity index (χ1n) is 14.2. The number of nitrogens with zero attached hydrogens (tertiary/aromatic N) is 6. The lowest BCUT2D eigenvalue weighted by atomic mass is 10.0. The van der Waals surface area contributed by atoms with Crippen molar-refractivity contribution in [3.63, 3.8) is 0 Å². The van der Waals surface area contributed by atoms with E-state index in [0.29, 0.717) is 17.9 Å². The molecule has 0 amide bonds. The molecule has 3 aromatic carbocycles. The van der Waals surface area contributed by atoms with Gasteiger partial charge in [-0.3, -0.25) is 14.6 Å². The van der Waals surface area contributed by atoms with Gasteiger partial charge in [0.05, 0.1) is 13.7 Å². The van der Waals surface area contributed by atoms with E-state index in [1.807, 2.05) is 47.1 Å². The van der Waals surface area contributed by atoms with Crippen molar-refractivity contribution in [3.05, 3.63) is 117 Å². The summed E-state index contributed by atoms with van der Waals surface area (Å²) in [5.74, 6) is 1.54. The molecule has 9 nitrogen and oxygen atoms in total. The fraction of sp³-hybridized carbons (Fsp3) is 0.312. The zero-order valence-corrected chi connectivity index (χ0v) is 23.5. The maximum atomic E-state index is 13.6. The molecule has 5 aromatic rings. The number of benzene rings is 3. The van der Waals surface area contributed by atoms with E-state index >= 15 is 0 Å². The Kier molecular flexibility index (Phi) is 7.89. The van der Waals surface area contributed by atoms with Crippen LogP contribution in [0.3, 0.4) is 0 Å². The zero-order valence-electron chi connectivity index (χ0n) is 23.5. The molecule has 1 saturated heterocycles. The van der Waals surface area contributed by atoms with E-state index < -0.39 is 0 Å². The fourth-order valence-corrected chi connectivity index (χ4v) is 5.68. The minimum absolute atomic E-state index is 0.111. The van der Waals surface area contributed by atoms with E-state index in [-0.39, 0.29) is 11.6 Å². The monoisotopic (exact) mass is 549 g/mol. The van der Waals surface area contributed by atoms with Crippen molar-refractivity contribution in [3.8, 4) is 5.75 Å². The zero-order chi connectivity index (χ0) is 28.2. The second kappa shape index (κ2) is 12.0. The summed E-state index contributed by atoms with van der Waals surface area (Å²) in [5.41, 5.74) is 4.94. The number of hydrogen-bond donors (Lipinski definition) is 1. The van der Waals surface area contributed by atoms with Crippen molar-refractivity contribution in [2.75, 3.05) is 33.3 Å². The Labute approximate surface area is 239 Å². The van der Waals surface area contributed by atoms with E-state index in [4.69, 9.17) is 4.74 Å². The van der Waals surface area contributed by atoms with Gasteiger partial charge in [0.2, 0.25) is 0 Å². The number of ether oxygens (including phenoxy) is 1. The summed E-state index contributed by atoms with van der Waals surface area (Å²) in [6.45, 7) is 6.79. The molecular weight excluding hydrogens is 514 g/mol. The van der Waals surface area contributed by atoms with Crippen LogP contribution in [0.2, 0.25) is 0 Å². The Morgan fingerprint density at radius 2 is 1.68 bits per heavy atom. The van der Waals surface area contributed by atoms with Gasteiger partial charge < -0.3 is 9.72 Å². The fourth-order valence-electron chi connectivity index (χ4n) is 5.68. The minimum atomic E-state index is -0.383. The SMILES string of the molecule is CCc1ccc2[nH]c(=O)c(C(c3nnnn3Cc3ccccc3)N3CCN(Cc4cccc(OC)c4)CC3)cc2c1. The van der Waals surface area contributed by atoms with Crippen LogP contribution in [-0.2, 0) is 19.5 Å². The number of tetrazole rings is 1. The molecule has 0 saturated carbocycles. The lowest BCUT2D eigenvalue weighted by molar-refractivity contribution is 0.0998. The van der Waals surface area contributed by atoms with Crippen LogP contribution in [0, 0.1) is 0 Å². The van der Waals surface area contributed by atoms with Crippen molar-refractivity contribution >= 4 is 10.9 Å². The molecule has 41 heavy (non-hydrogen) atoms. The lowest BCUT2D eigenvalue weighted by Crippen LogP contribution is -2.48. The van der Waals surface area contributed by atoms with Crippen LogP contribution in [0.4, 0.5) is 0 Å². The van der Waals surface area contributed by atoms with Crippen LogP contribution in [0.1, 0.15) is 41.0 Å². The number of piperazine rings is 1. The van der Waals surface area contributed by atoms with E-state index in [0.717, 1.165) is 61.4 Å². The summed E-state index contributed by atoms with van der Waals surface area (Å²) in [6.07, 6.45) is 0.929. The molecule has 6 rings (SSSR count). The average molecular weight is 550 g/mol. The molecule has 210 valence electrons. The first-order chi connectivity index (χ1) is 20.1. The number of H-pyrrole nitrogens is 1. The molecular formula is C32H35N7O2. The standard InChI is InChI=1S/C32H35N7O2/c1-3-23-12-13-29-26(18-23)20-28(32(40)33-29)30(31-34-35-36-39(31)22-24-8-5-4-6-9-24)38-16-14-37(15-17-38)21-25-10-7-11-27(19-25)41-2/h4-13,18-20,30H,3,14-17,21-22H2,1-2H3,(H,33,40). The third kappa shape index (κ3) is 5.91. The maximum Gasteiger partial charge on any atom is 0.253 e. The Balaban J connectivity index is 1.33. The average Bonchev–Trinajstić information content (AvgIpc) is 3.46. The van der Waals surface area contributed by atoms with E-state index in [2.05, 4.69) is 73.6 Å². The number of aromatic amines is 1. The van der Waals surface area contributed by atoms with Gasteiger partial charge in [0, 0.05) is 43.8 Å². The molecule has 2 aromatic heterocycles. The van der Waals surface area contributed by atoms with Crippen LogP contribution in [-0.4, -0.2) is 68.3 Å². The number of aryl methyl sites for hydroxylation is 1. The number of methoxy groups -OCH3 is 1. The quantitative estimate of drug-likeness (QED) is 0.297. The number of aromatic nitrogens is 5. The van der Waals surface area contributed by atoms with Crippen molar-refractivity contribution in [2.45, 2.75) is 32.5 Å². The molecule has 0 aliphatic carbocycles. The largest absolute Gasteiger partial charge is 0.497 e. The highest BCUT2D eigenvalue weighted by Gasteiger charge is 2.32. The lowest BCUT2D eigenvalue weighted by Gasteiger charge is -2.38. The molecule has 0 spiro atoms. The maximum absolute atomic E-state index is 13.6. The van der Waals surface area contributed by atoms with Crippen molar-refractivity contribution in [1.29, 1.82) is 0 Å². The molecule has 1 fully saturated rings. The summed E-state index contributed by atoms with van der Waals surface area (Å²) in [5, 5.41) is 13.9. The van der Waals surface area contributed by atoms with Crippen LogP contribution in [0.15, 0.2) is 83.7 Å². The third-order valence-corrected chi connectivity index (χ3v) is 7.93. The van der Waals surface area contributed by atoms with Gasteiger partial charge in [-0.15, -0.1) is 5.10 Å². The van der Waals surface area contributed by atoms with Gasteiger partial charge in [-0.2, -0.15) is 0 Å². The Morgan fingerprint density at radius 1 is 0.878 bits per heavy atom. The second-order valence-electron chi connectivity index (χ2n) is 10.6. The highest BCUT2D eigenvalue weighted by Crippen LogP contribution is 2.29. The Morgan fingerprint density at radius 3 is 2.46 bits per heavy atom. The Bertz CT molecular complexity index is 1670. The second-order valence-corrected chi connectivity index (χ2v) is 10.6. The van der Waals surface area contributed by atoms with Crippen molar-refractivity contribution in [1.82, 2.24) is 35.0 Å². The molecule has 1 unspecified atom stereocenters. The van der Waals surface area contributed by atoms with E-state index in [1.165, 1.54) is 11.1 Å². The number of pyridine rings is 1. The molecule has 1 N–H and O–H groups in total. The number of nitrogens with one attached hydrogen (secondary N) is 1. The van der Waals surface area contributed by atoms with Gasteiger partial charge in [-0.1, -0.05) is 55.5 Å². The highest BCUT2D eigenvalue weighted by atomic mass is 16.5.